The molecule has 3 heteroatoms. The minimum atomic E-state index is 0.496. The van der Waals surface area contributed by atoms with Crippen LogP contribution in [-0.2, 0) is 0 Å². The standard InChI is InChI=1S/C18H30N2S/c1-4-10-19-18(17-8-6-5-7-15(17)2)9-11-20-12-13-21-16(3)14-20/h5-8,16,18-19H,4,9-14H2,1-3H3. The first-order chi connectivity index (χ1) is 10.2. The SMILES string of the molecule is CCCNC(CCN1CCSC(C)C1)c1ccccc1C. The zero-order chi connectivity index (χ0) is 15.1. The maximum Gasteiger partial charge on any atom is 0.0335 e. The van der Waals surface area contributed by atoms with Crippen LogP contribution in [0.15, 0.2) is 24.3 Å². The van der Waals surface area contributed by atoms with Gasteiger partial charge in [0, 0.05) is 36.7 Å². The number of hydrogen-bond donors (Lipinski definition) is 1. The van der Waals surface area contributed by atoms with Crippen molar-refractivity contribution < 1.29 is 0 Å². The third-order valence-electron chi connectivity index (χ3n) is 4.26. The Labute approximate surface area is 134 Å². The number of nitrogens with zero attached hydrogens (tertiary/aromatic N) is 1. The molecule has 0 saturated carbocycles. The molecule has 2 atom stereocenters. The molecule has 1 saturated heterocycles. The highest BCUT2D eigenvalue weighted by atomic mass is 32.2. The number of hydrogen-bond acceptors (Lipinski definition) is 3. The second kappa shape index (κ2) is 8.82. The summed E-state index contributed by atoms with van der Waals surface area (Å²) in [6.07, 6.45) is 2.40. The molecule has 1 N–H and O–H groups in total. The quantitative estimate of drug-likeness (QED) is 0.823. The maximum atomic E-state index is 3.75. The Morgan fingerprint density at radius 2 is 2.19 bits per heavy atom. The zero-order valence-electron chi connectivity index (χ0n) is 13.8. The monoisotopic (exact) mass is 306 g/mol. The fourth-order valence-corrected chi connectivity index (χ4v) is 4.15. The molecule has 1 fully saturated rings. The number of aryl methyl sites for hydroxylation is 1. The molecule has 0 aliphatic carbocycles. The van der Waals surface area contributed by atoms with Crippen molar-refractivity contribution in [3.63, 3.8) is 0 Å². The molecule has 0 radical (unpaired) electrons. The maximum absolute atomic E-state index is 3.75. The van der Waals surface area contributed by atoms with Crippen molar-refractivity contribution in [3.05, 3.63) is 35.4 Å². The Hall–Kier alpha value is -0.510. The summed E-state index contributed by atoms with van der Waals surface area (Å²) < 4.78 is 0. The summed E-state index contributed by atoms with van der Waals surface area (Å²) in [5, 5.41) is 4.54. The van der Waals surface area contributed by atoms with Gasteiger partial charge < -0.3 is 10.2 Å². The van der Waals surface area contributed by atoms with E-state index in [1.54, 1.807) is 0 Å². The van der Waals surface area contributed by atoms with Crippen molar-refractivity contribution in [1.29, 1.82) is 0 Å². The second-order valence-corrected chi connectivity index (χ2v) is 7.68. The molecule has 1 aromatic rings. The number of rotatable bonds is 7. The Kier molecular flexibility index (Phi) is 7.08. The topological polar surface area (TPSA) is 15.3 Å². The van der Waals surface area contributed by atoms with E-state index < -0.39 is 0 Å². The number of thioether (sulfide) groups is 1. The summed E-state index contributed by atoms with van der Waals surface area (Å²) in [7, 11) is 0. The van der Waals surface area contributed by atoms with Crippen LogP contribution in [0.1, 0.15) is 43.9 Å². The zero-order valence-corrected chi connectivity index (χ0v) is 14.6. The molecule has 1 aliphatic heterocycles. The highest BCUT2D eigenvalue weighted by Gasteiger charge is 2.19. The molecule has 2 nitrogen and oxygen atoms in total. The Morgan fingerprint density at radius 1 is 1.38 bits per heavy atom. The lowest BCUT2D eigenvalue weighted by Crippen LogP contribution is -2.38. The Morgan fingerprint density at radius 3 is 2.90 bits per heavy atom. The molecule has 0 aromatic heterocycles. The van der Waals surface area contributed by atoms with E-state index in [4.69, 9.17) is 0 Å². The fraction of sp³-hybridized carbons (Fsp3) is 0.667. The third kappa shape index (κ3) is 5.32. The van der Waals surface area contributed by atoms with Crippen LogP contribution < -0.4 is 5.32 Å². The van der Waals surface area contributed by atoms with Gasteiger partial charge in [-0.05, 0) is 37.4 Å². The van der Waals surface area contributed by atoms with Crippen LogP contribution in [-0.4, -0.2) is 42.1 Å². The van der Waals surface area contributed by atoms with Crippen LogP contribution in [0.4, 0.5) is 0 Å². The first-order valence-electron chi connectivity index (χ1n) is 8.33. The van der Waals surface area contributed by atoms with Crippen molar-refractivity contribution in [2.75, 3.05) is 31.9 Å². The van der Waals surface area contributed by atoms with E-state index >= 15 is 0 Å². The predicted octanol–water partition coefficient (Wildman–Crippen LogP) is 3.86. The van der Waals surface area contributed by atoms with E-state index in [2.05, 4.69) is 67.0 Å². The van der Waals surface area contributed by atoms with E-state index in [0.29, 0.717) is 6.04 Å². The van der Waals surface area contributed by atoms with Crippen molar-refractivity contribution in [2.45, 2.75) is 44.9 Å². The molecule has 21 heavy (non-hydrogen) atoms. The first kappa shape index (κ1) is 16.9. The molecule has 1 aliphatic rings. The highest BCUT2D eigenvalue weighted by molar-refractivity contribution is 7.99. The van der Waals surface area contributed by atoms with Gasteiger partial charge in [-0.25, -0.2) is 0 Å². The lowest BCUT2D eigenvalue weighted by molar-refractivity contribution is 0.267. The van der Waals surface area contributed by atoms with Gasteiger partial charge in [0.15, 0.2) is 0 Å². The summed E-state index contributed by atoms with van der Waals surface area (Å²) in [6, 6.07) is 9.32. The first-order valence-corrected chi connectivity index (χ1v) is 9.38. The average Bonchev–Trinajstić information content (AvgIpc) is 2.48. The van der Waals surface area contributed by atoms with Crippen LogP contribution >= 0.6 is 11.8 Å². The molecular formula is C18H30N2S. The van der Waals surface area contributed by atoms with Crippen LogP contribution in [0, 0.1) is 6.92 Å². The minimum Gasteiger partial charge on any atom is -0.310 e. The predicted molar refractivity (Wildman–Crippen MR) is 95.2 cm³/mol. The molecular weight excluding hydrogens is 276 g/mol. The molecule has 0 amide bonds. The van der Waals surface area contributed by atoms with Gasteiger partial charge in [0.1, 0.15) is 0 Å². The molecule has 0 bridgehead atoms. The Balaban J connectivity index is 1.94. The van der Waals surface area contributed by atoms with Gasteiger partial charge in [-0.15, -0.1) is 0 Å². The van der Waals surface area contributed by atoms with Crippen LogP contribution in [0.25, 0.3) is 0 Å². The van der Waals surface area contributed by atoms with Gasteiger partial charge in [-0.3, -0.25) is 0 Å². The van der Waals surface area contributed by atoms with Gasteiger partial charge in [0.05, 0.1) is 0 Å². The molecule has 118 valence electrons. The largest absolute Gasteiger partial charge is 0.310 e. The number of benzene rings is 1. The molecule has 2 rings (SSSR count). The van der Waals surface area contributed by atoms with Gasteiger partial charge in [0.2, 0.25) is 0 Å². The van der Waals surface area contributed by atoms with Crippen molar-refractivity contribution >= 4 is 11.8 Å². The average molecular weight is 307 g/mol. The van der Waals surface area contributed by atoms with Crippen LogP contribution in [0.2, 0.25) is 0 Å². The highest BCUT2D eigenvalue weighted by Crippen LogP contribution is 2.23. The molecule has 1 heterocycles. The number of nitrogens with one attached hydrogen (secondary N) is 1. The molecule has 1 aromatic carbocycles. The van der Waals surface area contributed by atoms with Gasteiger partial charge >= 0.3 is 0 Å². The summed E-state index contributed by atoms with van der Waals surface area (Å²) in [4.78, 5) is 2.64. The third-order valence-corrected chi connectivity index (χ3v) is 5.40. The summed E-state index contributed by atoms with van der Waals surface area (Å²) in [5.74, 6) is 1.29. The van der Waals surface area contributed by atoms with E-state index in [1.165, 1.54) is 49.4 Å². The normalized spacial score (nSPS) is 21.4. The van der Waals surface area contributed by atoms with Gasteiger partial charge in [0.25, 0.3) is 0 Å². The smallest absolute Gasteiger partial charge is 0.0335 e. The van der Waals surface area contributed by atoms with E-state index in [0.717, 1.165) is 11.8 Å². The summed E-state index contributed by atoms with van der Waals surface area (Å²) >= 11 is 2.11. The van der Waals surface area contributed by atoms with Crippen molar-refractivity contribution in [1.82, 2.24) is 10.2 Å². The molecule has 2 unspecified atom stereocenters. The van der Waals surface area contributed by atoms with Crippen LogP contribution in [0.5, 0.6) is 0 Å². The van der Waals surface area contributed by atoms with Crippen molar-refractivity contribution in [2.24, 2.45) is 0 Å². The van der Waals surface area contributed by atoms with Gasteiger partial charge in [-0.2, -0.15) is 11.8 Å². The fourth-order valence-electron chi connectivity index (χ4n) is 3.07. The summed E-state index contributed by atoms with van der Waals surface area (Å²) in [5.41, 5.74) is 2.89. The van der Waals surface area contributed by atoms with Gasteiger partial charge in [-0.1, -0.05) is 38.1 Å². The second-order valence-electron chi connectivity index (χ2n) is 6.13. The van der Waals surface area contributed by atoms with E-state index in [-0.39, 0.29) is 0 Å². The minimum absolute atomic E-state index is 0.496. The lowest BCUT2D eigenvalue weighted by Gasteiger charge is -2.32. The Bertz CT molecular complexity index is 421. The van der Waals surface area contributed by atoms with Crippen molar-refractivity contribution in [3.8, 4) is 0 Å². The lowest BCUT2D eigenvalue weighted by atomic mass is 9.98. The van der Waals surface area contributed by atoms with Crippen LogP contribution in [0.3, 0.4) is 0 Å². The van der Waals surface area contributed by atoms with E-state index in [1.807, 2.05) is 0 Å². The van der Waals surface area contributed by atoms with E-state index in [9.17, 15) is 0 Å². The summed E-state index contributed by atoms with van der Waals surface area (Å²) in [6.45, 7) is 11.6. The molecule has 0 spiro atoms.